The summed E-state index contributed by atoms with van der Waals surface area (Å²) in [5, 5.41) is 3.53. The molecule has 0 aromatic heterocycles. The highest BCUT2D eigenvalue weighted by atomic mass is 35.5. The van der Waals surface area contributed by atoms with E-state index in [0.717, 1.165) is 16.9 Å². The molecule has 30 heavy (non-hydrogen) atoms. The normalized spacial score (nSPS) is 14.4. The fraction of sp³-hybridized carbons (Fsp3) is 0.391. The van der Waals surface area contributed by atoms with E-state index in [4.69, 9.17) is 16.3 Å². The van der Waals surface area contributed by atoms with Crippen LogP contribution in [0.1, 0.15) is 11.1 Å². The average Bonchev–Trinajstić information content (AvgIpc) is 2.74. The molecule has 2 aromatic rings. The van der Waals surface area contributed by atoms with Crippen molar-refractivity contribution in [3.63, 3.8) is 0 Å². The highest BCUT2D eigenvalue weighted by molar-refractivity contribution is 6.30. The van der Waals surface area contributed by atoms with Gasteiger partial charge in [-0.25, -0.2) is 0 Å². The first-order valence-electron chi connectivity index (χ1n) is 10.2. The summed E-state index contributed by atoms with van der Waals surface area (Å²) in [7, 11) is 0. The van der Waals surface area contributed by atoms with Gasteiger partial charge in [-0.05, 0) is 42.3 Å². The van der Waals surface area contributed by atoms with Crippen LogP contribution in [0.15, 0.2) is 48.5 Å². The first-order chi connectivity index (χ1) is 14.5. The number of hydrogen-bond acceptors (Lipinski definition) is 4. The van der Waals surface area contributed by atoms with Crippen LogP contribution in [0.5, 0.6) is 5.75 Å². The third-order valence-corrected chi connectivity index (χ3v) is 5.45. The number of ether oxygens (including phenoxy) is 1. The summed E-state index contributed by atoms with van der Waals surface area (Å²) >= 11 is 5.84. The van der Waals surface area contributed by atoms with Crippen molar-refractivity contribution in [2.75, 3.05) is 45.9 Å². The minimum Gasteiger partial charge on any atom is -0.492 e. The second-order valence-electron chi connectivity index (χ2n) is 7.41. The monoisotopic (exact) mass is 429 g/mol. The molecule has 160 valence electrons. The summed E-state index contributed by atoms with van der Waals surface area (Å²) in [6, 6.07) is 15.1. The molecule has 0 saturated carbocycles. The zero-order chi connectivity index (χ0) is 21.3. The Kier molecular flexibility index (Phi) is 8.11. The molecule has 1 N–H and O–H groups in total. The Bertz CT molecular complexity index is 849. The molecular formula is C23H28ClN3O3. The van der Waals surface area contributed by atoms with Gasteiger partial charge in [0.25, 0.3) is 0 Å². The Hall–Kier alpha value is -2.57. The Labute approximate surface area is 182 Å². The van der Waals surface area contributed by atoms with Gasteiger partial charge in [-0.1, -0.05) is 35.9 Å². The molecule has 7 heteroatoms. The summed E-state index contributed by atoms with van der Waals surface area (Å²) in [5.74, 6) is 0.835. The molecule has 0 aliphatic carbocycles. The van der Waals surface area contributed by atoms with Crippen molar-refractivity contribution in [3.8, 4) is 5.75 Å². The van der Waals surface area contributed by atoms with E-state index in [1.54, 1.807) is 24.3 Å². The highest BCUT2D eigenvalue weighted by Gasteiger charge is 2.22. The zero-order valence-corrected chi connectivity index (χ0v) is 18.0. The highest BCUT2D eigenvalue weighted by Crippen LogP contribution is 2.15. The molecule has 0 spiro atoms. The predicted octanol–water partition coefficient (Wildman–Crippen LogP) is 2.53. The Morgan fingerprint density at radius 1 is 1.03 bits per heavy atom. The van der Waals surface area contributed by atoms with E-state index >= 15 is 0 Å². The van der Waals surface area contributed by atoms with Crippen LogP contribution in [-0.2, 0) is 16.0 Å². The number of amides is 2. The van der Waals surface area contributed by atoms with Crippen molar-refractivity contribution in [3.05, 3.63) is 64.7 Å². The number of carbonyl (C=O) groups excluding carboxylic acids is 2. The lowest BCUT2D eigenvalue weighted by molar-refractivity contribution is -0.132. The second kappa shape index (κ2) is 11.0. The van der Waals surface area contributed by atoms with E-state index in [1.165, 1.54) is 0 Å². The average molecular weight is 430 g/mol. The molecule has 2 aromatic carbocycles. The fourth-order valence-corrected chi connectivity index (χ4v) is 3.51. The Morgan fingerprint density at radius 2 is 1.73 bits per heavy atom. The van der Waals surface area contributed by atoms with Crippen LogP contribution in [0.2, 0.25) is 5.02 Å². The molecule has 0 unspecified atom stereocenters. The number of hydrogen-bond donors (Lipinski definition) is 1. The maximum Gasteiger partial charge on any atom is 0.234 e. The number of nitrogens with zero attached hydrogens (tertiary/aromatic N) is 2. The van der Waals surface area contributed by atoms with E-state index in [1.807, 2.05) is 36.1 Å². The van der Waals surface area contributed by atoms with Gasteiger partial charge in [0.1, 0.15) is 12.4 Å². The van der Waals surface area contributed by atoms with Gasteiger partial charge in [0.2, 0.25) is 11.8 Å². The number of benzene rings is 2. The lowest BCUT2D eigenvalue weighted by Gasteiger charge is -2.34. The minimum atomic E-state index is -0.0330. The fourth-order valence-electron chi connectivity index (χ4n) is 3.39. The first-order valence-corrected chi connectivity index (χ1v) is 10.6. The molecular weight excluding hydrogens is 402 g/mol. The van der Waals surface area contributed by atoms with Gasteiger partial charge in [-0.15, -0.1) is 0 Å². The van der Waals surface area contributed by atoms with Crippen LogP contribution in [0.25, 0.3) is 0 Å². The Morgan fingerprint density at radius 3 is 2.43 bits per heavy atom. The van der Waals surface area contributed by atoms with Gasteiger partial charge in [-0.3, -0.25) is 14.5 Å². The van der Waals surface area contributed by atoms with E-state index in [0.29, 0.717) is 57.3 Å². The quantitative estimate of drug-likeness (QED) is 0.655. The molecule has 1 heterocycles. The van der Waals surface area contributed by atoms with E-state index in [2.05, 4.69) is 10.2 Å². The molecule has 1 aliphatic rings. The SMILES string of the molecule is Cc1ccccc1CC(=O)N1CCN(CC(=O)NCCOc2ccc(Cl)cc2)CC1. The van der Waals surface area contributed by atoms with Crippen LogP contribution >= 0.6 is 11.6 Å². The number of aryl methyl sites for hydroxylation is 1. The number of rotatable bonds is 8. The molecule has 0 bridgehead atoms. The molecule has 1 saturated heterocycles. The minimum absolute atomic E-state index is 0.0330. The lowest BCUT2D eigenvalue weighted by Crippen LogP contribution is -2.51. The largest absolute Gasteiger partial charge is 0.492 e. The van der Waals surface area contributed by atoms with Gasteiger partial charge in [-0.2, -0.15) is 0 Å². The third-order valence-electron chi connectivity index (χ3n) is 5.20. The van der Waals surface area contributed by atoms with Crippen molar-refractivity contribution >= 4 is 23.4 Å². The van der Waals surface area contributed by atoms with E-state index < -0.39 is 0 Å². The molecule has 2 amide bonds. The predicted molar refractivity (Wildman–Crippen MR) is 118 cm³/mol. The molecule has 3 rings (SSSR count). The van der Waals surface area contributed by atoms with Gasteiger partial charge < -0.3 is 15.0 Å². The van der Waals surface area contributed by atoms with Crippen LogP contribution in [0.3, 0.4) is 0 Å². The second-order valence-corrected chi connectivity index (χ2v) is 7.85. The van der Waals surface area contributed by atoms with Crippen LogP contribution in [0.4, 0.5) is 0 Å². The lowest BCUT2D eigenvalue weighted by atomic mass is 10.1. The maximum atomic E-state index is 12.6. The summed E-state index contributed by atoms with van der Waals surface area (Å²) < 4.78 is 5.57. The van der Waals surface area contributed by atoms with E-state index in [9.17, 15) is 9.59 Å². The number of halogens is 1. The smallest absolute Gasteiger partial charge is 0.234 e. The standard InChI is InChI=1S/C23H28ClN3O3/c1-18-4-2-3-5-19(18)16-23(29)27-13-11-26(12-14-27)17-22(28)25-10-15-30-21-8-6-20(24)7-9-21/h2-9H,10-17H2,1H3,(H,25,28). The van der Waals surface area contributed by atoms with Crippen LogP contribution < -0.4 is 10.1 Å². The van der Waals surface area contributed by atoms with E-state index in [-0.39, 0.29) is 11.8 Å². The molecule has 6 nitrogen and oxygen atoms in total. The third kappa shape index (κ3) is 6.75. The topological polar surface area (TPSA) is 61.9 Å². The van der Waals surface area contributed by atoms with Crippen molar-refractivity contribution in [1.29, 1.82) is 0 Å². The van der Waals surface area contributed by atoms with Crippen LogP contribution in [-0.4, -0.2) is 67.5 Å². The number of carbonyl (C=O) groups is 2. The summed E-state index contributed by atoms with van der Waals surface area (Å²) in [6.45, 7) is 5.91. The van der Waals surface area contributed by atoms with Crippen LogP contribution in [0, 0.1) is 6.92 Å². The van der Waals surface area contributed by atoms with Gasteiger partial charge in [0.05, 0.1) is 19.5 Å². The first kappa shape index (κ1) is 22.1. The zero-order valence-electron chi connectivity index (χ0n) is 17.3. The number of nitrogens with one attached hydrogen (secondary N) is 1. The molecule has 0 radical (unpaired) electrons. The van der Waals surface area contributed by atoms with Crippen molar-refractivity contribution in [1.82, 2.24) is 15.1 Å². The maximum absolute atomic E-state index is 12.6. The molecule has 1 aliphatic heterocycles. The molecule has 0 atom stereocenters. The summed E-state index contributed by atoms with van der Waals surface area (Å²) in [4.78, 5) is 28.7. The van der Waals surface area contributed by atoms with Gasteiger partial charge >= 0.3 is 0 Å². The molecule has 1 fully saturated rings. The summed E-state index contributed by atoms with van der Waals surface area (Å²) in [5.41, 5.74) is 2.21. The van der Waals surface area contributed by atoms with Gasteiger partial charge in [0.15, 0.2) is 0 Å². The Balaban J connectivity index is 1.32. The van der Waals surface area contributed by atoms with Crippen molar-refractivity contribution in [2.24, 2.45) is 0 Å². The number of piperazine rings is 1. The van der Waals surface area contributed by atoms with Gasteiger partial charge in [0, 0.05) is 31.2 Å². The van der Waals surface area contributed by atoms with Crippen molar-refractivity contribution in [2.45, 2.75) is 13.3 Å². The summed E-state index contributed by atoms with van der Waals surface area (Å²) in [6.07, 6.45) is 0.431. The van der Waals surface area contributed by atoms with Crippen molar-refractivity contribution < 1.29 is 14.3 Å².